The lowest BCUT2D eigenvalue weighted by Gasteiger charge is -2.29. The normalized spacial score (nSPS) is 17.1. The number of halogens is 1. The predicted molar refractivity (Wildman–Crippen MR) is 153 cm³/mol. The van der Waals surface area contributed by atoms with Gasteiger partial charge in [-0.05, 0) is 37.0 Å². The standard InChI is InChI=1S/C30H33FN8O2/c1-36-28-24(14-22-23(34-28)7-9-38(30(22)40)17-21(32)15-31)35-29(36)25-13-20-3-2-4-26(27(20)39(25)16-19-5-6-19)41-12-11-37-10-8-33-18-37/h2-4,8,10,13-14,18-19,21H,5-7,9,11-12,15-17,32H2,1H3/t21-/m1/s1/i8D,10D,18D. The molecule has 0 spiro atoms. The summed E-state index contributed by atoms with van der Waals surface area (Å²) in [5.41, 5.74) is 10.1. The SMILES string of the molecule is [2H]c1nc([2H])n(CCOc2cccc3cc(-c4nc5cc6c(nc5n4C)CCN(C[C@H](N)CF)C6=O)n(CC4CC4)c23)c1[2H]. The minimum absolute atomic E-state index is 0.105. The molecule has 4 aromatic heterocycles. The van der Waals surface area contributed by atoms with E-state index in [9.17, 15) is 9.18 Å². The topological polar surface area (TPSA) is 109 Å². The van der Waals surface area contributed by atoms with Gasteiger partial charge in [0.25, 0.3) is 5.91 Å². The van der Waals surface area contributed by atoms with Crippen molar-refractivity contribution in [2.24, 2.45) is 18.7 Å². The Balaban J connectivity index is 1.25. The number of aromatic nitrogens is 6. The van der Waals surface area contributed by atoms with E-state index in [-0.39, 0.29) is 44.3 Å². The molecule has 0 radical (unpaired) electrons. The Morgan fingerprint density at radius 2 is 2.15 bits per heavy atom. The number of ether oxygens (including phenoxy) is 1. The smallest absolute Gasteiger partial charge is 0.255 e. The number of aryl methyl sites for hydroxylation is 1. The molecule has 1 aliphatic heterocycles. The van der Waals surface area contributed by atoms with E-state index >= 15 is 0 Å². The van der Waals surface area contributed by atoms with Crippen LogP contribution in [0, 0.1) is 5.92 Å². The molecule has 212 valence electrons. The molecule has 41 heavy (non-hydrogen) atoms. The molecule has 10 nitrogen and oxygen atoms in total. The Morgan fingerprint density at radius 3 is 2.93 bits per heavy atom. The number of carbonyl (C=O) groups is 1. The fourth-order valence-corrected chi connectivity index (χ4v) is 5.66. The number of imidazole rings is 2. The van der Waals surface area contributed by atoms with Gasteiger partial charge in [0.2, 0.25) is 0 Å². The number of rotatable bonds is 10. The van der Waals surface area contributed by atoms with E-state index in [4.69, 9.17) is 24.6 Å². The van der Waals surface area contributed by atoms with Crippen molar-refractivity contribution in [3.63, 3.8) is 0 Å². The zero-order chi connectivity index (χ0) is 30.7. The molecule has 5 aromatic rings. The summed E-state index contributed by atoms with van der Waals surface area (Å²) in [7, 11) is 1.93. The number of nitrogens with two attached hydrogens (primary N) is 1. The molecule has 1 saturated carbocycles. The molecule has 1 fully saturated rings. The third kappa shape index (κ3) is 4.73. The fourth-order valence-electron chi connectivity index (χ4n) is 5.66. The number of benzene rings is 1. The van der Waals surface area contributed by atoms with Crippen LogP contribution in [-0.2, 0) is 26.6 Å². The van der Waals surface area contributed by atoms with Crippen molar-refractivity contribution in [1.29, 1.82) is 0 Å². The van der Waals surface area contributed by atoms with E-state index in [1.165, 1.54) is 4.57 Å². The number of nitrogens with zero attached hydrogens (tertiary/aromatic N) is 7. The van der Waals surface area contributed by atoms with Gasteiger partial charge in [-0.2, -0.15) is 0 Å². The number of hydrogen-bond donors (Lipinski definition) is 1. The van der Waals surface area contributed by atoms with Crippen LogP contribution >= 0.6 is 0 Å². The fraction of sp³-hybridized carbons (Fsp3) is 0.400. The highest BCUT2D eigenvalue weighted by Gasteiger charge is 2.30. The second-order valence-corrected chi connectivity index (χ2v) is 10.9. The Bertz CT molecular complexity index is 1910. The van der Waals surface area contributed by atoms with Crippen LogP contribution in [0.4, 0.5) is 4.39 Å². The largest absolute Gasteiger partial charge is 0.490 e. The summed E-state index contributed by atoms with van der Waals surface area (Å²) in [6, 6.07) is 9.06. The highest BCUT2D eigenvalue weighted by Crippen LogP contribution is 2.39. The maximum atomic E-state index is 13.2. The van der Waals surface area contributed by atoms with Gasteiger partial charge in [-0.3, -0.25) is 4.79 Å². The van der Waals surface area contributed by atoms with E-state index in [1.54, 1.807) is 11.0 Å². The highest BCUT2D eigenvalue weighted by molar-refractivity contribution is 5.99. The summed E-state index contributed by atoms with van der Waals surface area (Å²) < 4.78 is 48.5. The third-order valence-corrected chi connectivity index (χ3v) is 7.95. The highest BCUT2D eigenvalue weighted by atomic mass is 19.1. The molecule has 0 saturated heterocycles. The van der Waals surface area contributed by atoms with E-state index in [2.05, 4.69) is 15.6 Å². The Morgan fingerprint density at radius 1 is 1.27 bits per heavy atom. The lowest BCUT2D eigenvalue weighted by atomic mass is 10.0. The number of hydrogen-bond acceptors (Lipinski definition) is 6. The van der Waals surface area contributed by atoms with Gasteiger partial charge in [-0.1, -0.05) is 12.1 Å². The number of para-hydroxylation sites is 1. The van der Waals surface area contributed by atoms with Crippen molar-refractivity contribution in [2.45, 2.75) is 38.4 Å². The van der Waals surface area contributed by atoms with Crippen LogP contribution in [0.1, 0.15) is 33.0 Å². The van der Waals surface area contributed by atoms with Gasteiger partial charge < -0.3 is 29.1 Å². The van der Waals surface area contributed by atoms with E-state index in [1.807, 2.05) is 29.8 Å². The average molecular weight is 560 g/mol. The summed E-state index contributed by atoms with van der Waals surface area (Å²) in [5, 5.41) is 0.992. The van der Waals surface area contributed by atoms with Gasteiger partial charge >= 0.3 is 0 Å². The summed E-state index contributed by atoms with van der Waals surface area (Å²) in [6.45, 7) is 1.15. The van der Waals surface area contributed by atoms with Gasteiger partial charge in [0.05, 0.1) is 44.1 Å². The zero-order valence-electron chi connectivity index (χ0n) is 25.8. The number of alkyl halides is 1. The second kappa shape index (κ2) is 10.3. The lowest BCUT2D eigenvalue weighted by Crippen LogP contribution is -2.45. The molecular weight excluding hydrogens is 523 g/mol. The third-order valence-electron chi connectivity index (χ3n) is 7.95. The molecule has 0 unspecified atom stereocenters. The van der Waals surface area contributed by atoms with Crippen molar-refractivity contribution < 1.29 is 18.0 Å². The van der Waals surface area contributed by atoms with Gasteiger partial charge in [0, 0.05) is 50.8 Å². The minimum atomic E-state index is -0.715. The number of fused-ring (bicyclic) bond motifs is 3. The van der Waals surface area contributed by atoms with Crippen LogP contribution < -0.4 is 10.5 Å². The van der Waals surface area contributed by atoms with Crippen molar-refractivity contribution in [1.82, 2.24) is 33.6 Å². The summed E-state index contributed by atoms with van der Waals surface area (Å²) in [4.78, 5) is 28.4. The summed E-state index contributed by atoms with van der Waals surface area (Å²) in [6.07, 6.45) is 2.41. The van der Waals surface area contributed by atoms with E-state index in [0.717, 1.165) is 41.8 Å². The first-order valence-corrected chi connectivity index (χ1v) is 14.0. The van der Waals surface area contributed by atoms with Crippen LogP contribution in [0.3, 0.4) is 0 Å². The van der Waals surface area contributed by atoms with Gasteiger partial charge in [0.15, 0.2) is 11.5 Å². The van der Waals surface area contributed by atoms with Crippen molar-refractivity contribution in [2.75, 3.05) is 26.4 Å². The van der Waals surface area contributed by atoms with E-state index < -0.39 is 12.7 Å². The van der Waals surface area contributed by atoms with E-state index in [0.29, 0.717) is 47.1 Å². The molecule has 1 amide bonds. The zero-order valence-corrected chi connectivity index (χ0v) is 22.8. The Hall–Kier alpha value is -4.25. The molecule has 7 rings (SSSR count). The van der Waals surface area contributed by atoms with Crippen molar-refractivity contribution in [3.8, 4) is 17.3 Å². The first-order chi connectivity index (χ1) is 21.2. The summed E-state index contributed by atoms with van der Waals surface area (Å²) >= 11 is 0. The molecule has 1 atom stereocenters. The van der Waals surface area contributed by atoms with Gasteiger partial charge in [-0.15, -0.1) is 0 Å². The molecule has 2 aliphatic rings. The van der Waals surface area contributed by atoms with Gasteiger partial charge in [-0.25, -0.2) is 19.3 Å². The monoisotopic (exact) mass is 559 g/mol. The molecule has 0 bridgehead atoms. The maximum Gasteiger partial charge on any atom is 0.255 e. The second-order valence-electron chi connectivity index (χ2n) is 10.9. The van der Waals surface area contributed by atoms with Gasteiger partial charge in [0.1, 0.15) is 25.9 Å². The average Bonchev–Trinajstić information content (AvgIpc) is 3.61. The van der Waals surface area contributed by atoms with Crippen LogP contribution in [0.25, 0.3) is 33.6 Å². The first kappa shape index (κ1) is 22.4. The maximum absolute atomic E-state index is 13.2. The first-order valence-electron chi connectivity index (χ1n) is 15.5. The Kier molecular flexibility index (Phi) is 5.64. The van der Waals surface area contributed by atoms with Crippen LogP contribution in [0.5, 0.6) is 5.75 Å². The quantitative estimate of drug-likeness (QED) is 0.280. The van der Waals surface area contributed by atoms with Crippen LogP contribution in [0.2, 0.25) is 0 Å². The molecule has 1 aliphatic carbocycles. The van der Waals surface area contributed by atoms with Crippen LogP contribution in [-0.4, -0.2) is 71.9 Å². The molecule has 11 heteroatoms. The summed E-state index contributed by atoms with van der Waals surface area (Å²) in [5.74, 6) is 1.75. The van der Waals surface area contributed by atoms with Crippen molar-refractivity contribution in [3.05, 3.63) is 60.2 Å². The number of carbonyl (C=O) groups excluding carboxylic acids is 1. The number of pyridine rings is 1. The predicted octanol–water partition coefficient (Wildman–Crippen LogP) is 3.57. The lowest BCUT2D eigenvalue weighted by molar-refractivity contribution is 0.0723. The molecular formula is C30H33FN8O2. The molecule has 1 aromatic carbocycles. The van der Waals surface area contributed by atoms with Crippen LogP contribution in [0.15, 0.2) is 49.0 Å². The van der Waals surface area contributed by atoms with Crippen molar-refractivity contribution >= 4 is 28.0 Å². The molecule has 2 N–H and O–H groups in total. The Labute approximate surface area is 240 Å². The minimum Gasteiger partial charge on any atom is -0.490 e. The molecule has 5 heterocycles. The number of amides is 1.